The van der Waals surface area contributed by atoms with Crippen molar-refractivity contribution >= 4 is 23.1 Å². The van der Waals surface area contributed by atoms with Crippen molar-refractivity contribution in [2.24, 2.45) is 5.92 Å². The zero-order valence-electron chi connectivity index (χ0n) is 16.3. The molecule has 4 rings (SSSR count). The average Bonchev–Trinajstić information content (AvgIpc) is 3.09. The minimum absolute atomic E-state index is 0.254. The van der Waals surface area contributed by atoms with Gasteiger partial charge in [-0.2, -0.15) is 0 Å². The first-order chi connectivity index (χ1) is 13.5. The number of rotatable bonds is 4. The molecular formula is C25H23Cl2Zr. The average molecular weight is 486 g/mol. The molecule has 0 fully saturated rings. The number of allylic oxidation sites excluding steroid dienone is 1. The number of benzene rings is 3. The summed E-state index contributed by atoms with van der Waals surface area (Å²) in [4.78, 5) is 0. The van der Waals surface area contributed by atoms with Gasteiger partial charge in [0, 0.05) is 0 Å². The van der Waals surface area contributed by atoms with Crippen LogP contribution >= 0.6 is 17.0 Å². The molecule has 1 aliphatic rings. The molecule has 28 heavy (non-hydrogen) atoms. The molecule has 0 saturated carbocycles. The Morgan fingerprint density at radius 2 is 1.46 bits per heavy atom. The van der Waals surface area contributed by atoms with Crippen LogP contribution in [0.5, 0.6) is 0 Å². The van der Waals surface area contributed by atoms with Gasteiger partial charge in [-0.15, -0.1) is 0 Å². The van der Waals surface area contributed by atoms with Crippen LogP contribution in [-0.4, -0.2) is 0 Å². The summed E-state index contributed by atoms with van der Waals surface area (Å²) in [5.74, 6) is 0.447. The fourth-order valence-electron chi connectivity index (χ4n) is 4.25. The van der Waals surface area contributed by atoms with Crippen molar-refractivity contribution in [3.8, 4) is 22.3 Å². The van der Waals surface area contributed by atoms with Crippen molar-refractivity contribution in [3.05, 3.63) is 89.0 Å². The van der Waals surface area contributed by atoms with Crippen LogP contribution < -0.4 is 0 Å². The van der Waals surface area contributed by atoms with Crippen LogP contribution in [0.15, 0.2) is 72.3 Å². The van der Waals surface area contributed by atoms with E-state index in [1.54, 1.807) is 0 Å². The fourth-order valence-corrected chi connectivity index (χ4v) is 9.97. The van der Waals surface area contributed by atoms with Crippen molar-refractivity contribution in [1.82, 2.24) is 0 Å². The third-order valence-corrected chi connectivity index (χ3v) is 10.8. The Morgan fingerprint density at radius 1 is 0.821 bits per heavy atom. The molecule has 0 bridgehead atoms. The summed E-state index contributed by atoms with van der Waals surface area (Å²) in [7, 11) is 13.3. The number of aryl methyl sites for hydroxylation is 1. The van der Waals surface area contributed by atoms with Gasteiger partial charge >= 0.3 is 184 Å². The van der Waals surface area contributed by atoms with Crippen molar-refractivity contribution in [3.63, 3.8) is 0 Å². The fraction of sp³-hybridized carbons (Fsp3) is 0.200. The zero-order chi connectivity index (χ0) is 19.8. The van der Waals surface area contributed by atoms with Gasteiger partial charge in [0.15, 0.2) is 0 Å². The van der Waals surface area contributed by atoms with Crippen LogP contribution in [0.3, 0.4) is 0 Å². The molecule has 0 N–H and O–H groups in total. The molecule has 141 valence electrons. The van der Waals surface area contributed by atoms with Gasteiger partial charge in [-0.1, -0.05) is 0 Å². The Bertz CT molecular complexity index is 1040. The minimum atomic E-state index is -2.50. The first-order valence-electron chi connectivity index (χ1n) is 9.66. The van der Waals surface area contributed by atoms with Gasteiger partial charge in [0.1, 0.15) is 0 Å². The molecular weight excluding hydrogens is 462 g/mol. The first-order valence-corrected chi connectivity index (χ1v) is 17.4. The quantitative estimate of drug-likeness (QED) is 0.348. The van der Waals surface area contributed by atoms with Crippen LogP contribution in [0.1, 0.15) is 34.2 Å². The summed E-state index contributed by atoms with van der Waals surface area (Å²) in [5, 5.41) is 0. The van der Waals surface area contributed by atoms with Gasteiger partial charge in [0.25, 0.3) is 0 Å². The second-order valence-electron chi connectivity index (χ2n) is 7.69. The predicted octanol–water partition coefficient (Wildman–Crippen LogP) is 8.35. The standard InChI is InChI=1S/C25H23.2ClH.Zr/c1-17(2)21-15-20-14-13-18(3)25(24(20)16-21)23-12-8-7-11-22(23)19-9-5-4-6-10-19;;;/h4-17H,1-3H3;2*1H;/q;;;+2/p-2. The second kappa shape index (κ2) is 8.31. The third kappa shape index (κ3) is 3.58. The van der Waals surface area contributed by atoms with Crippen molar-refractivity contribution < 1.29 is 19.4 Å². The Morgan fingerprint density at radius 3 is 2.11 bits per heavy atom. The topological polar surface area (TPSA) is 0 Å². The van der Waals surface area contributed by atoms with Gasteiger partial charge in [0.2, 0.25) is 0 Å². The molecule has 1 aliphatic carbocycles. The Kier molecular flexibility index (Phi) is 5.98. The van der Waals surface area contributed by atoms with E-state index >= 15 is 0 Å². The van der Waals surface area contributed by atoms with Crippen molar-refractivity contribution in [1.29, 1.82) is 0 Å². The second-order valence-corrected chi connectivity index (χ2v) is 16.5. The van der Waals surface area contributed by atoms with E-state index in [4.69, 9.17) is 17.0 Å². The number of fused-ring (bicyclic) bond motifs is 1. The van der Waals surface area contributed by atoms with Gasteiger partial charge in [0.05, 0.1) is 0 Å². The molecule has 0 heterocycles. The summed E-state index contributed by atoms with van der Waals surface area (Å²) < 4.78 is 0.254. The third-order valence-electron chi connectivity index (χ3n) is 5.61. The monoisotopic (exact) mass is 483 g/mol. The van der Waals surface area contributed by atoms with E-state index in [1.807, 2.05) is 0 Å². The summed E-state index contributed by atoms with van der Waals surface area (Å²) in [6.07, 6.45) is 2.38. The molecule has 0 radical (unpaired) electrons. The van der Waals surface area contributed by atoms with Crippen LogP contribution in [0.2, 0.25) is 0 Å². The normalized spacial score (nSPS) is 15.5. The molecule has 0 spiro atoms. The molecule has 0 saturated heterocycles. The van der Waals surface area contributed by atoms with Crippen LogP contribution in [0, 0.1) is 12.8 Å². The summed E-state index contributed by atoms with van der Waals surface area (Å²) in [6, 6.07) is 23.8. The van der Waals surface area contributed by atoms with E-state index in [-0.39, 0.29) is 3.63 Å². The van der Waals surface area contributed by atoms with Gasteiger partial charge in [-0.05, 0) is 0 Å². The predicted molar refractivity (Wildman–Crippen MR) is 119 cm³/mol. The molecule has 3 aromatic carbocycles. The SMILES string of the molecule is Cc1ccc2c(c1-c1ccccc1-c1ccccc1)C=C(C(C)C)[CH]2[Zr]([Cl])[Cl]. The molecule has 0 aromatic heterocycles. The van der Waals surface area contributed by atoms with E-state index in [0.717, 1.165) is 0 Å². The summed E-state index contributed by atoms with van der Waals surface area (Å²) in [5.41, 5.74) is 10.4. The van der Waals surface area contributed by atoms with Crippen LogP contribution in [-0.2, 0) is 19.4 Å². The molecule has 0 aliphatic heterocycles. The first kappa shape index (κ1) is 20.1. The Labute approximate surface area is 183 Å². The number of hydrogen-bond donors (Lipinski definition) is 0. The van der Waals surface area contributed by atoms with Gasteiger partial charge in [-0.25, -0.2) is 0 Å². The Balaban J connectivity index is 1.98. The van der Waals surface area contributed by atoms with Crippen molar-refractivity contribution in [2.45, 2.75) is 24.4 Å². The molecule has 3 aromatic rings. The molecule has 1 unspecified atom stereocenters. The molecule has 1 atom stereocenters. The van der Waals surface area contributed by atoms with Gasteiger partial charge < -0.3 is 0 Å². The van der Waals surface area contributed by atoms with Crippen LogP contribution in [0.4, 0.5) is 0 Å². The maximum absolute atomic E-state index is 6.64. The van der Waals surface area contributed by atoms with Crippen molar-refractivity contribution in [2.75, 3.05) is 0 Å². The van der Waals surface area contributed by atoms with E-state index in [9.17, 15) is 0 Å². The van der Waals surface area contributed by atoms with E-state index in [2.05, 4.69) is 93.6 Å². The number of hydrogen-bond acceptors (Lipinski definition) is 0. The van der Waals surface area contributed by atoms with Gasteiger partial charge in [-0.3, -0.25) is 0 Å². The molecule has 0 nitrogen and oxygen atoms in total. The molecule has 0 amide bonds. The maximum atomic E-state index is 6.64. The van der Waals surface area contributed by atoms with E-state index in [1.165, 1.54) is 44.5 Å². The molecule has 3 heteroatoms. The summed E-state index contributed by atoms with van der Waals surface area (Å²) >= 11 is -2.50. The van der Waals surface area contributed by atoms with E-state index in [0.29, 0.717) is 5.92 Å². The Hall–Kier alpha value is -1.14. The summed E-state index contributed by atoms with van der Waals surface area (Å²) in [6.45, 7) is 6.69. The zero-order valence-corrected chi connectivity index (χ0v) is 20.3. The number of halogens is 2. The van der Waals surface area contributed by atoms with E-state index < -0.39 is 19.4 Å². The van der Waals surface area contributed by atoms with Crippen LogP contribution in [0.25, 0.3) is 28.3 Å².